The van der Waals surface area contributed by atoms with Crippen molar-refractivity contribution in [2.75, 3.05) is 6.61 Å². The Balaban J connectivity index is 1.65. The number of nitrogens with zero attached hydrogens (tertiary/aromatic N) is 1. The molecule has 6 heteroatoms. The van der Waals surface area contributed by atoms with Gasteiger partial charge in [0.05, 0.1) is 18.2 Å². The van der Waals surface area contributed by atoms with Crippen LogP contribution in [-0.2, 0) is 16.0 Å². The number of hydrogen-bond donors (Lipinski definition) is 1. The lowest BCUT2D eigenvalue weighted by atomic mass is 9.93. The third-order valence-electron chi connectivity index (χ3n) is 4.27. The number of rotatable bonds is 9. The molecule has 5 nitrogen and oxygen atoms in total. The van der Waals surface area contributed by atoms with Crippen LogP contribution >= 0.6 is 11.3 Å². The Morgan fingerprint density at radius 2 is 1.82 bits per heavy atom. The highest BCUT2D eigenvalue weighted by Gasteiger charge is 2.23. The van der Waals surface area contributed by atoms with E-state index in [4.69, 9.17) is 4.74 Å². The highest BCUT2D eigenvalue weighted by atomic mass is 32.1. The predicted molar refractivity (Wildman–Crippen MR) is 109 cm³/mol. The molecule has 3 aromatic rings. The molecule has 0 bridgehead atoms. The molecule has 0 aliphatic carbocycles. The lowest BCUT2D eigenvalue weighted by molar-refractivity contribution is -0.140. The molecule has 0 fully saturated rings. The molecule has 2 aromatic carbocycles. The number of carboxylic acid groups (broad SMARTS) is 1. The van der Waals surface area contributed by atoms with Gasteiger partial charge in [-0.2, -0.15) is 0 Å². The number of carbonyl (C=O) groups is 2. The average molecular weight is 395 g/mol. The third-order valence-corrected chi connectivity index (χ3v) is 5.21. The summed E-state index contributed by atoms with van der Waals surface area (Å²) in [5.74, 6) is -1.16. The SMILES string of the molecule is CCOc1ccc(-c2nc(CC(=O)C[C@@H](C(=O)O)c3ccccc3)cs2)cc1. The summed E-state index contributed by atoms with van der Waals surface area (Å²) in [6.07, 6.45) is 0.0827. The van der Waals surface area contributed by atoms with E-state index >= 15 is 0 Å². The molecule has 0 unspecified atom stereocenters. The van der Waals surface area contributed by atoms with E-state index < -0.39 is 11.9 Å². The lowest BCUT2D eigenvalue weighted by Gasteiger charge is -2.11. The van der Waals surface area contributed by atoms with Crippen molar-refractivity contribution in [2.24, 2.45) is 0 Å². The highest BCUT2D eigenvalue weighted by Crippen LogP contribution is 2.27. The van der Waals surface area contributed by atoms with Crippen LogP contribution in [0.2, 0.25) is 0 Å². The fourth-order valence-electron chi connectivity index (χ4n) is 2.92. The number of ether oxygens (including phenoxy) is 1. The summed E-state index contributed by atoms with van der Waals surface area (Å²) in [6, 6.07) is 16.5. The first kappa shape index (κ1) is 19.8. The maximum atomic E-state index is 12.4. The summed E-state index contributed by atoms with van der Waals surface area (Å²) < 4.78 is 5.44. The largest absolute Gasteiger partial charge is 0.494 e. The Morgan fingerprint density at radius 1 is 1.11 bits per heavy atom. The molecule has 0 aliphatic heterocycles. The minimum atomic E-state index is -0.993. The van der Waals surface area contributed by atoms with Gasteiger partial charge in [0.15, 0.2) is 0 Å². The molecule has 0 saturated heterocycles. The summed E-state index contributed by atoms with van der Waals surface area (Å²) >= 11 is 1.46. The van der Waals surface area contributed by atoms with Gasteiger partial charge in [0.25, 0.3) is 0 Å². The van der Waals surface area contributed by atoms with Gasteiger partial charge in [-0.25, -0.2) is 4.98 Å². The maximum absolute atomic E-state index is 12.4. The van der Waals surface area contributed by atoms with E-state index in [1.165, 1.54) is 11.3 Å². The van der Waals surface area contributed by atoms with Crippen molar-refractivity contribution in [2.45, 2.75) is 25.7 Å². The standard InChI is InChI=1S/C22H21NO4S/c1-2-27-19-10-8-16(9-11-19)21-23-17(14-28-21)12-18(24)13-20(22(25)26)15-6-4-3-5-7-15/h3-11,14,20H,2,12-13H2,1H3,(H,25,26)/t20-/m1/s1. The van der Waals surface area contributed by atoms with Crippen molar-refractivity contribution in [1.82, 2.24) is 4.98 Å². The molecular formula is C22H21NO4S. The van der Waals surface area contributed by atoms with Crippen molar-refractivity contribution < 1.29 is 19.4 Å². The Bertz CT molecular complexity index is 935. The molecule has 1 N–H and O–H groups in total. The molecule has 1 heterocycles. The number of carboxylic acids is 1. The van der Waals surface area contributed by atoms with Crippen LogP contribution in [0.3, 0.4) is 0 Å². The highest BCUT2D eigenvalue weighted by molar-refractivity contribution is 7.13. The Morgan fingerprint density at radius 3 is 2.46 bits per heavy atom. The predicted octanol–water partition coefficient (Wildman–Crippen LogP) is 4.58. The zero-order valence-electron chi connectivity index (χ0n) is 15.5. The Hall–Kier alpha value is -2.99. The summed E-state index contributed by atoms with van der Waals surface area (Å²) in [6.45, 7) is 2.55. The van der Waals surface area contributed by atoms with Gasteiger partial charge < -0.3 is 9.84 Å². The molecule has 3 rings (SSSR count). The van der Waals surface area contributed by atoms with Gasteiger partial charge in [0.1, 0.15) is 16.5 Å². The van der Waals surface area contributed by atoms with E-state index in [1.807, 2.05) is 42.6 Å². The number of hydrogen-bond acceptors (Lipinski definition) is 5. The van der Waals surface area contributed by atoms with E-state index in [9.17, 15) is 14.7 Å². The van der Waals surface area contributed by atoms with Crippen LogP contribution in [0.15, 0.2) is 60.0 Å². The third kappa shape index (κ3) is 5.04. The summed E-state index contributed by atoms with van der Waals surface area (Å²) in [5.41, 5.74) is 2.26. The van der Waals surface area contributed by atoms with Crippen molar-refractivity contribution in [3.05, 3.63) is 71.2 Å². The monoisotopic (exact) mass is 395 g/mol. The van der Waals surface area contributed by atoms with E-state index in [1.54, 1.807) is 24.3 Å². The van der Waals surface area contributed by atoms with Crippen LogP contribution in [0.25, 0.3) is 10.6 Å². The van der Waals surface area contributed by atoms with E-state index in [0.29, 0.717) is 17.9 Å². The first-order chi connectivity index (χ1) is 13.6. The molecule has 1 aromatic heterocycles. The number of benzene rings is 2. The van der Waals surface area contributed by atoms with Crippen molar-refractivity contribution in [1.29, 1.82) is 0 Å². The smallest absolute Gasteiger partial charge is 0.311 e. The molecule has 28 heavy (non-hydrogen) atoms. The molecule has 0 saturated carbocycles. The fraction of sp³-hybridized carbons (Fsp3) is 0.227. The molecular weight excluding hydrogens is 374 g/mol. The number of aromatic nitrogens is 1. The quantitative estimate of drug-likeness (QED) is 0.574. The summed E-state index contributed by atoms with van der Waals surface area (Å²) in [4.78, 5) is 28.6. The topological polar surface area (TPSA) is 76.5 Å². The van der Waals surface area contributed by atoms with Crippen LogP contribution in [0, 0.1) is 0 Å². The molecule has 0 radical (unpaired) electrons. The minimum Gasteiger partial charge on any atom is -0.494 e. The van der Waals surface area contributed by atoms with Gasteiger partial charge in [-0.15, -0.1) is 11.3 Å². The fourth-order valence-corrected chi connectivity index (χ4v) is 3.74. The van der Waals surface area contributed by atoms with E-state index in [0.717, 1.165) is 16.3 Å². The van der Waals surface area contributed by atoms with Gasteiger partial charge in [-0.3, -0.25) is 9.59 Å². The average Bonchev–Trinajstić information content (AvgIpc) is 3.16. The van der Waals surface area contributed by atoms with Gasteiger partial charge in [0.2, 0.25) is 0 Å². The first-order valence-corrected chi connectivity index (χ1v) is 9.92. The van der Waals surface area contributed by atoms with Gasteiger partial charge in [-0.1, -0.05) is 30.3 Å². The number of carbonyl (C=O) groups excluding carboxylic acids is 1. The first-order valence-electron chi connectivity index (χ1n) is 9.04. The number of Topliss-reactive ketones (excluding diaryl/α,β-unsaturated/α-hetero) is 1. The normalized spacial score (nSPS) is 11.8. The van der Waals surface area contributed by atoms with Gasteiger partial charge in [0, 0.05) is 23.8 Å². The van der Waals surface area contributed by atoms with Crippen LogP contribution in [0.4, 0.5) is 0 Å². The second-order valence-corrected chi connectivity index (χ2v) is 7.18. The maximum Gasteiger partial charge on any atom is 0.311 e. The van der Waals surface area contributed by atoms with Gasteiger partial charge >= 0.3 is 5.97 Å². The van der Waals surface area contributed by atoms with Crippen LogP contribution in [0.1, 0.15) is 30.5 Å². The van der Waals surface area contributed by atoms with Crippen LogP contribution in [0.5, 0.6) is 5.75 Å². The lowest BCUT2D eigenvalue weighted by Crippen LogP contribution is -2.17. The second kappa shape index (κ2) is 9.28. The zero-order chi connectivity index (χ0) is 19.9. The summed E-state index contributed by atoms with van der Waals surface area (Å²) in [5, 5.41) is 12.2. The van der Waals surface area contributed by atoms with Crippen LogP contribution < -0.4 is 4.74 Å². The molecule has 1 atom stereocenters. The molecule has 144 valence electrons. The molecule has 0 amide bonds. The van der Waals surface area contributed by atoms with Crippen molar-refractivity contribution >= 4 is 23.1 Å². The Kier molecular flexibility index (Phi) is 6.55. The number of thiazole rings is 1. The number of aliphatic carboxylic acids is 1. The Labute approximate surface area is 167 Å². The number of ketones is 1. The zero-order valence-corrected chi connectivity index (χ0v) is 16.3. The van der Waals surface area contributed by atoms with Gasteiger partial charge in [-0.05, 0) is 36.8 Å². The van der Waals surface area contributed by atoms with Crippen molar-refractivity contribution in [3.8, 4) is 16.3 Å². The van der Waals surface area contributed by atoms with Crippen LogP contribution in [-0.4, -0.2) is 28.4 Å². The van der Waals surface area contributed by atoms with Crippen molar-refractivity contribution in [3.63, 3.8) is 0 Å². The molecule has 0 spiro atoms. The second-order valence-electron chi connectivity index (χ2n) is 6.32. The minimum absolute atomic E-state index is 0.0464. The summed E-state index contributed by atoms with van der Waals surface area (Å²) in [7, 11) is 0. The molecule has 0 aliphatic rings. The van der Waals surface area contributed by atoms with E-state index in [-0.39, 0.29) is 18.6 Å². The van der Waals surface area contributed by atoms with E-state index in [2.05, 4.69) is 4.98 Å².